The first kappa shape index (κ1) is 17.1. The van der Waals surface area contributed by atoms with Crippen molar-refractivity contribution in [1.82, 2.24) is 4.98 Å². The highest BCUT2D eigenvalue weighted by atomic mass is 32.2. The SMILES string of the molecule is Cc1ccc(NS(=O)(=O)c2ccc(OCC(F)(F)F)cc2)cn1. The van der Waals surface area contributed by atoms with Crippen LogP contribution in [0.2, 0.25) is 0 Å². The van der Waals surface area contributed by atoms with Gasteiger partial charge in [-0.15, -0.1) is 0 Å². The molecule has 0 spiro atoms. The second-order valence-electron chi connectivity index (χ2n) is 4.67. The molecule has 0 aliphatic heterocycles. The average Bonchev–Trinajstić information content (AvgIpc) is 2.47. The van der Waals surface area contributed by atoms with Crippen molar-refractivity contribution in [2.75, 3.05) is 11.3 Å². The molecule has 2 aromatic rings. The van der Waals surface area contributed by atoms with E-state index in [9.17, 15) is 21.6 Å². The van der Waals surface area contributed by atoms with E-state index >= 15 is 0 Å². The van der Waals surface area contributed by atoms with Gasteiger partial charge in [-0.3, -0.25) is 9.71 Å². The van der Waals surface area contributed by atoms with E-state index in [1.807, 2.05) is 0 Å². The number of alkyl halides is 3. The molecule has 0 amide bonds. The summed E-state index contributed by atoms with van der Waals surface area (Å²) in [5.41, 5.74) is 1.02. The monoisotopic (exact) mass is 346 g/mol. The van der Waals surface area contributed by atoms with Crippen LogP contribution in [0, 0.1) is 6.92 Å². The molecule has 5 nitrogen and oxygen atoms in total. The van der Waals surface area contributed by atoms with Crippen LogP contribution in [-0.4, -0.2) is 26.2 Å². The number of anilines is 1. The molecule has 0 saturated carbocycles. The molecule has 1 aromatic heterocycles. The van der Waals surface area contributed by atoms with Crippen LogP contribution in [0.3, 0.4) is 0 Å². The van der Waals surface area contributed by atoms with E-state index in [2.05, 4.69) is 14.4 Å². The smallest absolute Gasteiger partial charge is 0.422 e. The minimum absolute atomic E-state index is 0.0710. The molecule has 2 rings (SSSR count). The van der Waals surface area contributed by atoms with Crippen LogP contribution in [0.5, 0.6) is 5.75 Å². The maximum atomic E-state index is 12.2. The van der Waals surface area contributed by atoms with Crippen molar-refractivity contribution in [2.45, 2.75) is 18.0 Å². The van der Waals surface area contributed by atoms with Crippen LogP contribution in [0.1, 0.15) is 5.69 Å². The first-order valence-corrected chi connectivity index (χ1v) is 7.89. The zero-order chi connectivity index (χ0) is 17.1. The van der Waals surface area contributed by atoms with Gasteiger partial charge in [-0.25, -0.2) is 8.42 Å². The largest absolute Gasteiger partial charge is 0.484 e. The van der Waals surface area contributed by atoms with E-state index in [1.54, 1.807) is 19.1 Å². The van der Waals surface area contributed by atoms with Gasteiger partial charge < -0.3 is 4.74 Å². The van der Waals surface area contributed by atoms with E-state index in [0.29, 0.717) is 0 Å². The Hall–Kier alpha value is -2.29. The molecule has 1 aromatic carbocycles. The Kier molecular flexibility index (Phi) is 4.79. The van der Waals surface area contributed by atoms with Gasteiger partial charge in [-0.05, 0) is 43.3 Å². The molecule has 23 heavy (non-hydrogen) atoms. The minimum atomic E-state index is -4.45. The van der Waals surface area contributed by atoms with Gasteiger partial charge in [0.15, 0.2) is 6.61 Å². The second kappa shape index (κ2) is 6.45. The van der Waals surface area contributed by atoms with Crippen LogP contribution in [0.25, 0.3) is 0 Å². The summed E-state index contributed by atoms with van der Waals surface area (Å²) in [5, 5.41) is 0. The van der Waals surface area contributed by atoms with Crippen molar-refractivity contribution < 1.29 is 26.3 Å². The Bertz CT molecular complexity index is 757. The van der Waals surface area contributed by atoms with Crippen LogP contribution >= 0.6 is 0 Å². The van der Waals surface area contributed by atoms with Crippen molar-refractivity contribution in [3.8, 4) is 5.75 Å². The summed E-state index contributed by atoms with van der Waals surface area (Å²) in [6, 6.07) is 7.85. The molecule has 0 fully saturated rings. The van der Waals surface area contributed by atoms with Gasteiger partial charge in [-0.2, -0.15) is 13.2 Å². The minimum Gasteiger partial charge on any atom is -0.484 e. The number of ether oxygens (including phenoxy) is 1. The van der Waals surface area contributed by atoms with Crippen LogP contribution in [0.15, 0.2) is 47.5 Å². The Morgan fingerprint density at radius 3 is 2.30 bits per heavy atom. The van der Waals surface area contributed by atoms with Crippen molar-refractivity contribution >= 4 is 15.7 Å². The molecule has 0 bridgehead atoms. The van der Waals surface area contributed by atoms with E-state index in [-0.39, 0.29) is 16.3 Å². The summed E-state index contributed by atoms with van der Waals surface area (Å²) in [6.07, 6.45) is -3.08. The predicted molar refractivity (Wildman–Crippen MR) is 77.8 cm³/mol. The maximum absolute atomic E-state index is 12.2. The van der Waals surface area contributed by atoms with Gasteiger partial charge >= 0.3 is 6.18 Å². The number of sulfonamides is 1. The highest BCUT2D eigenvalue weighted by molar-refractivity contribution is 7.92. The molecule has 1 heterocycles. The number of hydrogen-bond donors (Lipinski definition) is 1. The number of aromatic nitrogens is 1. The second-order valence-corrected chi connectivity index (χ2v) is 6.35. The molecular weight excluding hydrogens is 333 g/mol. The van der Waals surface area contributed by atoms with Crippen LogP contribution < -0.4 is 9.46 Å². The summed E-state index contributed by atoms with van der Waals surface area (Å²) < 4.78 is 67.3. The zero-order valence-corrected chi connectivity index (χ0v) is 12.8. The molecule has 0 atom stereocenters. The fourth-order valence-electron chi connectivity index (χ4n) is 1.62. The standard InChI is InChI=1S/C14H13F3N2O3S/c1-10-2-3-11(8-18-10)19-23(20,21)13-6-4-12(5-7-13)22-9-14(15,16)17/h2-8,19H,9H2,1H3. The van der Waals surface area contributed by atoms with E-state index < -0.39 is 22.8 Å². The van der Waals surface area contributed by atoms with Crippen molar-refractivity contribution in [3.05, 3.63) is 48.3 Å². The molecule has 0 saturated heterocycles. The molecular formula is C14H13F3N2O3S. The lowest BCUT2D eigenvalue weighted by molar-refractivity contribution is -0.153. The zero-order valence-electron chi connectivity index (χ0n) is 12.0. The fourth-order valence-corrected chi connectivity index (χ4v) is 2.67. The average molecular weight is 346 g/mol. The Balaban J connectivity index is 2.09. The Labute approximate surface area is 131 Å². The summed E-state index contributed by atoms with van der Waals surface area (Å²) in [6.45, 7) is 0.324. The molecule has 9 heteroatoms. The fraction of sp³-hybridized carbons (Fsp3) is 0.214. The predicted octanol–water partition coefficient (Wildman–Crippen LogP) is 3.13. The van der Waals surface area contributed by atoms with Crippen molar-refractivity contribution in [1.29, 1.82) is 0 Å². The third-order valence-corrected chi connectivity index (χ3v) is 4.10. The van der Waals surface area contributed by atoms with Gasteiger partial charge in [-0.1, -0.05) is 0 Å². The number of nitrogens with zero attached hydrogens (tertiary/aromatic N) is 1. The lowest BCUT2D eigenvalue weighted by Crippen LogP contribution is -2.19. The van der Waals surface area contributed by atoms with E-state index in [4.69, 9.17) is 0 Å². The Morgan fingerprint density at radius 2 is 1.78 bits per heavy atom. The molecule has 0 unspecified atom stereocenters. The third kappa shape index (κ3) is 5.13. The third-order valence-electron chi connectivity index (χ3n) is 2.70. The summed E-state index contributed by atoms with van der Waals surface area (Å²) in [5.74, 6) is -0.0710. The quantitative estimate of drug-likeness (QED) is 0.903. The number of nitrogens with one attached hydrogen (secondary N) is 1. The van der Waals surface area contributed by atoms with E-state index in [0.717, 1.165) is 30.0 Å². The first-order chi connectivity index (χ1) is 10.7. The lowest BCUT2D eigenvalue weighted by atomic mass is 10.3. The number of benzene rings is 1. The van der Waals surface area contributed by atoms with Crippen molar-refractivity contribution in [3.63, 3.8) is 0 Å². The molecule has 0 radical (unpaired) electrons. The van der Waals surface area contributed by atoms with E-state index in [1.165, 1.54) is 6.20 Å². The van der Waals surface area contributed by atoms with Gasteiger partial charge in [0.25, 0.3) is 10.0 Å². The number of pyridine rings is 1. The van der Waals surface area contributed by atoms with Gasteiger partial charge in [0.2, 0.25) is 0 Å². The first-order valence-electron chi connectivity index (χ1n) is 6.41. The summed E-state index contributed by atoms with van der Waals surface area (Å²) in [4.78, 5) is 3.87. The normalized spacial score (nSPS) is 12.0. The maximum Gasteiger partial charge on any atom is 0.422 e. The van der Waals surface area contributed by atoms with Gasteiger partial charge in [0.1, 0.15) is 5.75 Å². The Morgan fingerprint density at radius 1 is 1.13 bits per heavy atom. The summed E-state index contributed by atoms with van der Waals surface area (Å²) >= 11 is 0. The number of aryl methyl sites for hydroxylation is 1. The number of rotatable bonds is 5. The molecule has 0 aliphatic carbocycles. The molecule has 0 aliphatic rings. The van der Waals surface area contributed by atoms with Gasteiger partial charge in [0, 0.05) is 5.69 Å². The molecule has 124 valence electrons. The number of halogens is 3. The highest BCUT2D eigenvalue weighted by Gasteiger charge is 2.28. The highest BCUT2D eigenvalue weighted by Crippen LogP contribution is 2.21. The topological polar surface area (TPSA) is 68.3 Å². The molecule has 1 N–H and O–H groups in total. The van der Waals surface area contributed by atoms with Crippen LogP contribution in [0.4, 0.5) is 18.9 Å². The summed E-state index contributed by atoms with van der Waals surface area (Å²) in [7, 11) is -3.85. The number of hydrogen-bond acceptors (Lipinski definition) is 4. The van der Waals surface area contributed by atoms with Crippen LogP contribution in [-0.2, 0) is 10.0 Å². The van der Waals surface area contributed by atoms with Gasteiger partial charge in [0.05, 0.1) is 16.8 Å². The van der Waals surface area contributed by atoms with Crippen molar-refractivity contribution in [2.24, 2.45) is 0 Å². The lowest BCUT2D eigenvalue weighted by Gasteiger charge is -2.11.